The van der Waals surface area contributed by atoms with Crippen molar-refractivity contribution in [3.05, 3.63) is 87.3 Å². The number of amides is 1. The summed E-state index contributed by atoms with van der Waals surface area (Å²) in [5.74, 6) is -0.351. The molecule has 0 saturated carbocycles. The lowest BCUT2D eigenvalue weighted by molar-refractivity contribution is 0.0789. The third-order valence-corrected chi connectivity index (χ3v) is 7.74. The van der Waals surface area contributed by atoms with Gasteiger partial charge in [0, 0.05) is 36.3 Å². The maximum atomic E-state index is 13.9. The third kappa shape index (κ3) is 4.35. The van der Waals surface area contributed by atoms with E-state index in [0.29, 0.717) is 45.8 Å². The number of fused-ring (bicyclic) bond motifs is 1. The molecule has 0 spiro atoms. The number of carbonyl (C=O) groups excluding carboxylic acids is 1. The third-order valence-electron chi connectivity index (χ3n) is 6.56. The molecule has 2 aromatic heterocycles. The quantitative estimate of drug-likeness (QED) is 0.427. The summed E-state index contributed by atoms with van der Waals surface area (Å²) in [6.07, 6.45) is 0.915. The number of nitrogens with one attached hydrogen (secondary N) is 1. The Morgan fingerprint density at radius 3 is 2.57 bits per heavy atom. The van der Waals surface area contributed by atoms with E-state index >= 15 is 0 Å². The topological polar surface area (TPSA) is 57.6 Å². The molecule has 4 aromatic rings. The molecule has 6 nitrogen and oxygen atoms in total. The highest BCUT2D eigenvalue weighted by Gasteiger charge is 2.31. The molecule has 180 valence electrons. The predicted molar refractivity (Wildman–Crippen MR) is 140 cm³/mol. The predicted octanol–water partition coefficient (Wildman–Crippen LogP) is 5.02. The summed E-state index contributed by atoms with van der Waals surface area (Å²) in [5.41, 5.74) is 2.40. The SMILES string of the molecule is Cc1cc(Nc2c(C(=O)N3CC[C@H](N(C)C)C3)sc3c2ccc(=O)n3-c2ccccc2)ccc1F. The van der Waals surface area contributed by atoms with Gasteiger partial charge in [-0.1, -0.05) is 18.2 Å². The normalized spacial score (nSPS) is 15.8. The number of nitrogens with zero attached hydrogens (tertiary/aromatic N) is 3. The van der Waals surface area contributed by atoms with Gasteiger partial charge in [-0.05, 0) is 69.4 Å². The zero-order valence-electron chi connectivity index (χ0n) is 19.9. The van der Waals surface area contributed by atoms with Crippen molar-refractivity contribution in [1.29, 1.82) is 0 Å². The number of carbonyl (C=O) groups is 1. The van der Waals surface area contributed by atoms with Gasteiger partial charge in [0.25, 0.3) is 11.5 Å². The Hall–Kier alpha value is -3.49. The molecule has 1 aliphatic heterocycles. The second-order valence-electron chi connectivity index (χ2n) is 9.11. The van der Waals surface area contributed by atoms with Crippen LogP contribution in [-0.4, -0.2) is 53.5 Å². The number of likely N-dealkylation sites (N-methyl/N-ethyl adjacent to an activating group) is 1. The Morgan fingerprint density at radius 2 is 1.89 bits per heavy atom. The minimum absolute atomic E-state index is 0.0658. The first-order valence-electron chi connectivity index (χ1n) is 11.6. The Morgan fingerprint density at radius 1 is 1.11 bits per heavy atom. The van der Waals surface area contributed by atoms with E-state index < -0.39 is 0 Å². The number of pyridine rings is 1. The lowest BCUT2D eigenvalue weighted by Crippen LogP contribution is -2.34. The van der Waals surface area contributed by atoms with E-state index in [2.05, 4.69) is 10.2 Å². The number of benzene rings is 2. The second kappa shape index (κ2) is 9.28. The van der Waals surface area contributed by atoms with Crippen LogP contribution in [0.4, 0.5) is 15.8 Å². The fraction of sp³-hybridized carbons (Fsp3) is 0.259. The average molecular weight is 491 g/mol. The number of thiophene rings is 1. The summed E-state index contributed by atoms with van der Waals surface area (Å²) < 4.78 is 15.5. The van der Waals surface area contributed by atoms with Gasteiger partial charge in [-0.2, -0.15) is 0 Å². The fourth-order valence-corrected chi connectivity index (χ4v) is 5.78. The first kappa shape index (κ1) is 23.3. The highest BCUT2D eigenvalue weighted by molar-refractivity contribution is 7.21. The van der Waals surface area contributed by atoms with Crippen LogP contribution < -0.4 is 10.9 Å². The number of aromatic nitrogens is 1. The van der Waals surface area contributed by atoms with Crippen LogP contribution >= 0.6 is 11.3 Å². The van der Waals surface area contributed by atoms with Crippen LogP contribution in [0.15, 0.2) is 65.5 Å². The molecule has 1 atom stereocenters. The van der Waals surface area contributed by atoms with Gasteiger partial charge < -0.3 is 15.1 Å². The van der Waals surface area contributed by atoms with Crippen LogP contribution in [0.5, 0.6) is 0 Å². The van der Waals surface area contributed by atoms with Gasteiger partial charge in [0.15, 0.2) is 0 Å². The molecular weight excluding hydrogens is 463 g/mol. The van der Waals surface area contributed by atoms with Crippen molar-refractivity contribution in [3.8, 4) is 5.69 Å². The first-order chi connectivity index (χ1) is 16.8. The summed E-state index contributed by atoms with van der Waals surface area (Å²) in [6.45, 7) is 3.04. The minimum Gasteiger partial charge on any atom is -0.354 e. The smallest absolute Gasteiger partial charge is 0.266 e. The summed E-state index contributed by atoms with van der Waals surface area (Å²) >= 11 is 1.31. The fourth-order valence-electron chi connectivity index (χ4n) is 4.54. The average Bonchev–Trinajstić information content (AvgIpc) is 3.47. The van der Waals surface area contributed by atoms with E-state index in [1.165, 1.54) is 23.5 Å². The molecule has 35 heavy (non-hydrogen) atoms. The van der Waals surface area contributed by atoms with E-state index in [0.717, 1.165) is 17.5 Å². The molecule has 2 aromatic carbocycles. The largest absolute Gasteiger partial charge is 0.354 e. The van der Waals surface area contributed by atoms with E-state index in [4.69, 9.17) is 0 Å². The molecule has 1 N–H and O–H groups in total. The first-order valence-corrected chi connectivity index (χ1v) is 12.4. The maximum absolute atomic E-state index is 13.9. The molecule has 1 aliphatic rings. The molecule has 0 aliphatic carbocycles. The van der Waals surface area contributed by atoms with Crippen molar-refractivity contribution in [2.45, 2.75) is 19.4 Å². The summed E-state index contributed by atoms with van der Waals surface area (Å²) in [4.78, 5) is 32.0. The number of likely N-dealkylation sites (tertiary alicyclic amines) is 1. The number of rotatable bonds is 5. The van der Waals surface area contributed by atoms with E-state index in [1.54, 1.807) is 29.7 Å². The molecule has 0 bridgehead atoms. The number of anilines is 2. The Kier molecular flexibility index (Phi) is 6.17. The molecular formula is C27H27FN4O2S. The van der Waals surface area contributed by atoms with Gasteiger partial charge in [0.05, 0.1) is 11.4 Å². The van der Waals surface area contributed by atoms with Gasteiger partial charge >= 0.3 is 0 Å². The van der Waals surface area contributed by atoms with Crippen LogP contribution in [0.25, 0.3) is 15.9 Å². The van der Waals surface area contributed by atoms with Gasteiger partial charge in [-0.3, -0.25) is 14.2 Å². The van der Waals surface area contributed by atoms with Crippen molar-refractivity contribution in [3.63, 3.8) is 0 Å². The van der Waals surface area contributed by atoms with E-state index in [9.17, 15) is 14.0 Å². The molecule has 0 radical (unpaired) electrons. The molecule has 8 heteroatoms. The van der Waals surface area contributed by atoms with E-state index in [-0.39, 0.29) is 17.3 Å². The summed E-state index contributed by atoms with van der Waals surface area (Å²) in [6, 6.07) is 17.8. The Balaban J connectivity index is 1.67. The van der Waals surface area contributed by atoms with Gasteiger partial charge in [-0.15, -0.1) is 11.3 Å². The van der Waals surface area contributed by atoms with Crippen molar-refractivity contribution >= 4 is 38.8 Å². The summed E-state index contributed by atoms with van der Waals surface area (Å²) in [5, 5.41) is 4.14. The van der Waals surface area contributed by atoms with Crippen LogP contribution in [0.3, 0.4) is 0 Å². The molecule has 5 rings (SSSR count). The highest BCUT2D eigenvalue weighted by atomic mass is 32.1. The molecule has 1 saturated heterocycles. The lowest BCUT2D eigenvalue weighted by Gasteiger charge is -2.20. The standard InChI is InChI=1S/C27H27FN4O2S/c1-17-15-18(9-11-22(17)28)29-24-21-10-12-23(33)32(19-7-5-4-6-8-19)27(21)35-25(24)26(34)31-14-13-20(16-31)30(2)3/h4-12,15,20,29H,13-14,16H2,1-3H3/t20-/m0/s1. The van der Waals surface area contributed by atoms with Crippen LogP contribution in [0.1, 0.15) is 21.7 Å². The number of hydrogen-bond acceptors (Lipinski definition) is 5. The van der Waals surface area contributed by atoms with Crippen molar-refractivity contribution in [2.24, 2.45) is 0 Å². The highest BCUT2D eigenvalue weighted by Crippen LogP contribution is 2.39. The number of hydrogen-bond donors (Lipinski definition) is 1. The lowest BCUT2D eigenvalue weighted by atomic mass is 10.2. The Labute approximate surface area is 207 Å². The number of halogens is 1. The van der Waals surface area contributed by atoms with Crippen molar-refractivity contribution in [1.82, 2.24) is 14.4 Å². The monoisotopic (exact) mass is 490 g/mol. The molecule has 3 heterocycles. The van der Waals surface area contributed by atoms with Crippen molar-refractivity contribution in [2.75, 3.05) is 32.5 Å². The summed E-state index contributed by atoms with van der Waals surface area (Å²) in [7, 11) is 4.06. The molecule has 1 fully saturated rings. The van der Waals surface area contributed by atoms with Gasteiger partial charge in [0.1, 0.15) is 15.5 Å². The molecule has 0 unspecified atom stereocenters. The zero-order valence-corrected chi connectivity index (χ0v) is 20.7. The van der Waals surface area contributed by atoms with Crippen LogP contribution in [0.2, 0.25) is 0 Å². The van der Waals surface area contributed by atoms with Gasteiger partial charge in [-0.25, -0.2) is 4.39 Å². The van der Waals surface area contributed by atoms with Crippen LogP contribution in [0, 0.1) is 12.7 Å². The number of para-hydroxylation sites is 1. The second-order valence-corrected chi connectivity index (χ2v) is 10.1. The van der Waals surface area contributed by atoms with Gasteiger partial charge in [0.2, 0.25) is 0 Å². The minimum atomic E-state index is -0.285. The van der Waals surface area contributed by atoms with E-state index in [1.807, 2.05) is 49.3 Å². The molecule has 1 amide bonds. The number of aryl methyl sites for hydroxylation is 1. The van der Waals surface area contributed by atoms with Crippen molar-refractivity contribution < 1.29 is 9.18 Å². The Bertz CT molecular complexity index is 1460. The van der Waals surface area contributed by atoms with Crippen LogP contribution in [-0.2, 0) is 0 Å². The zero-order chi connectivity index (χ0) is 24.7. The maximum Gasteiger partial charge on any atom is 0.266 e.